The van der Waals surface area contributed by atoms with Crippen LogP contribution in [0.4, 0.5) is 4.39 Å². The Kier molecular flexibility index (Phi) is 5.59. The van der Waals surface area contributed by atoms with Gasteiger partial charge < -0.3 is 10.1 Å². The second-order valence-electron chi connectivity index (χ2n) is 4.56. The van der Waals surface area contributed by atoms with E-state index in [2.05, 4.69) is 5.32 Å². The van der Waals surface area contributed by atoms with Gasteiger partial charge in [-0.3, -0.25) is 0 Å². The van der Waals surface area contributed by atoms with Crippen molar-refractivity contribution in [1.82, 2.24) is 5.32 Å². The Labute approximate surface area is 103 Å². The maximum Gasteiger partial charge on any atom is 0.126 e. The lowest BCUT2D eigenvalue weighted by atomic mass is 10.0. The van der Waals surface area contributed by atoms with Gasteiger partial charge in [0.05, 0.1) is 6.10 Å². The quantitative estimate of drug-likeness (QED) is 0.823. The lowest BCUT2D eigenvalue weighted by molar-refractivity contribution is 0.0719. The first-order chi connectivity index (χ1) is 8.04. The molecule has 0 radical (unpaired) electrons. The molecule has 2 nitrogen and oxygen atoms in total. The van der Waals surface area contributed by atoms with Crippen LogP contribution in [-0.2, 0) is 4.74 Å². The molecule has 0 amide bonds. The average molecular weight is 239 g/mol. The van der Waals surface area contributed by atoms with Gasteiger partial charge in [-0.05, 0) is 51.4 Å². The number of nitrogens with one attached hydrogen (secondary N) is 1. The highest BCUT2D eigenvalue weighted by Crippen LogP contribution is 2.19. The van der Waals surface area contributed by atoms with Crippen LogP contribution in [0.1, 0.15) is 37.4 Å². The molecule has 1 aromatic rings. The molecule has 96 valence electrons. The molecule has 0 heterocycles. The molecule has 1 rings (SSSR count). The van der Waals surface area contributed by atoms with Crippen LogP contribution in [0.25, 0.3) is 0 Å². The summed E-state index contributed by atoms with van der Waals surface area (Å²) in [6, 6.07) is 5.47. The van der Waals surface area contributed by atoms with Crippen LogP contribution in [-0.4, -0.2) is 19.8 Å². The fourth-order valence-electron chi connectivity index (χ4n) is 1.78. The predicted octanol–water partition coefficient (Wildman–Crippen LogP) is 3.21. The summed E-state index contributed by atoms with van der Waals surface area (Å²) in [4.78, 5) is 0. The van der Waals surface area contributed by atoms with E-state index in [0.29, 0.717) is 12.2 Å². The summed E-state index contributed by atoms with van der Waals surface area (Å²) >= 11 is 0. The maximum absolute atomic E-state index is 13.2. The smallest absolute Gasteiger partial charge is 0.126 e. The third kappa shape index (κ3) is 4.44. The molecule has 0 saturated carbocycles. The van der Waals surface area contributed by atoms with E-state index >= 15 is 0 Å². The molecule has 0 aliphatic rings. The molecule has 1 unspecified atom stereocenters. The molecule has 1 aromatic carbocycles. The van der Waals surface area contributed by atoms with Crippen LogP contribution in [0.5, 0.6) is 0 Å². The molecular weight excluding hydrogens is 217 g/mol. The van der Waals surface area contributed by atoms with Gasteiger partial charge in [-0.25, -0.2) is 4.39 Å². The molecule has 0 spiro atoms. The van der Waals surface area contributed by atoms with Gasteiger partial charge >= 0.3 is 0 Å². The van der Waals surface area contributed by atoms with Crippen LogP contribution in [0.15, 0.2) is 18.2 Å². The Bertz CT molecular complexity index is 352. The molecule has 0 fully saturated rings. The highest BCUT2D eigenvalue weighted by atomic mass is 19.1. The minimum Gasteiger partial charge on any atom is -0.379 e. The zero-order valence-corrected chi connectivity index (χ0v) is 11.1. The van der Waals surface area contributed by atoms with Gasteiger partial charge in [-0.1, -0.05) is 12.1 Å². The molecule has 1 atom stereocenters. The number of hydrogen-bond donors (Lipinski definition) is 1. The number of aryl methyl sites for hydroxylation is 1. The Balaban J connectivity index is 2.62. The number of rotatable bonds is 6. The van der Waals surface area contributed by atoms with E-state index in [1.807, 2.05) is 33.0 Å². The lowest BCUT2D eigenvalue weighted by Crippen LogP contribution is -2.19. The SMILES string of the molecule is CNC(CCOC(C)C)c1ccc(F)c(C)c1. The normalized spacial score (nSPS) is 13.1. The summed E-state index contributed by atoms with van der Waals surface area (Å²) < 4.78 is 18.7. The van der Waals surface area contributed by atoms with Gasteiger partial charge in [0.25, 0.3) is 0 Å². The number of ether oxygens (including phenoxy) is 1. The topological polar surface area (TPSA) is 21.3 Å². The monoisotopic (exact) mass is 239 g/mol. The Morgan fingerprint density at radius 2 is 2.06 bits per heavy atom. The Morgan fingerprint density at radius 1 is 1.35 bits per heavy atom. The van der Waals surface area contributed by atoms with Crippen molar-refractivity contribution >= 4 is 0 Å². The highest BCUT2D eigenvalue weighted by molar-refractivity contribution is 5.26. The molecule has 3 heteroatoms. The molecule has 0 saturated heterocycles. The van der Waals surface area contributed by atoms with E-state index in [1.54, 1.807) is 6.92 Å². The van der Waals surface area contributed by atoms with E-state index in [4.69, 9.17) is 4.74 Å². The summed E-state index contributed by atoms with van der Waals surface area (Å²) in [5, 5.41) is 3.24. The fourth-order valence-corrected chi connectivity index (χ4v) is 1.78. The molecule has 0 aliphatic carbocycles. The standard InChI is InChI=1S/C14H22FNO/c1-10(2)17-8-7-14(16-4)12-5-6-13(15)11(3)9-12/h5-6,9-10,14,16H,7-8H2,1-4H3. The van der Waals surface area contributed by atoms with Gasteiger partial charge in [0, 0.05) is 12.6 Å². The maximum atomic E-state index is 13.2. The van der Waals surface area contributed by atoms with Crippen LogP contribution < -0.4 is 5.32 Å². The average Bonchev–Trinajstić information content (AvgIpc) is 2.28. The van der Waals surface area contributed by atoms with Crippen molar-refractivity contribution in [3.63, 3.8) is 0 Å². The van der Waals surface area contributed by atoms with Gasteiger partial charge in [0.15, 0.2) is 0 Å². The van der Waals surface area contributed by atoms with E-state index in [-0.39, 0.29) is 18.0 Å². The molecular formula is C14H22FNO. The van der Waals surface area contributed by atoms with E-state index in [1.165, 1.54) is 6.07 Å². The first-order valence-corrected chi connectivity index (χ1v) is 6.09. The van der Waals surface area contributed by atoms with Crippen LogP contribution >= 0.6 is 0 Å². The van der Waals surface area contributed by atoms with Crippen LogP contribution in [0, 0.1) is 12.7 Å². The van der Waals surface area contributed by atoms with Crippen molar-refractivity contribution in [2.75, 3.05) is 13.7 Å². The second-order valence-corrected chi connectivity index (χ2v) is 4.56. The number of benzene rings is 1. The van der Waals surface area contributed by atoms with Crippen LogP contribution in [0.2, 0.25) is 0 Å². The third-order valence-corrected chi connectivity index (χ3v) is 2.79. The predicted molar refractivity (Wildman–Crippen MR) is 68.6 cm³/mol. The largest absolute Gasteiger partial charge is 0.379 e. The van der Waals surface area contributed by atoms with Crippen molar-refractivity contribution in [2.45, 2.75) is 39.3 Å². The van der Waals surface area contributed by atoms with Crippen LogP contribution in [0.3, 0.4) is 0 Å². The summed E-state index contributed by atoms with van der Waals surface area (Å²) in [5.41, 5.74) is 1.80. The van der Waals surface area contributed by atoms with E-state index in [9.17, 15) is 4.39 Å². The zero-order valence-electron chi connectivity index (χ0n) is 11.1. The summed E-state index contributed by atoms with van der Waals surface area (Å²) in [6.07, 6.45) is 1.14. The molecule has 1 N–H and O–H groups in total. The second kappa shape index (κ2) is 6.72. The first-order valence-electron chi connectivity index (χ1n) is 6.09. The number of hydrogen-bond acceptors (Lipinski definition) is 2. The van der Waals surface area contributed by atoms with Gasteiger partial charge in [0.2, 0.25) is 0 Å². The van der Waals surface area contributed by atoms with Gasteiger partial charge in [-0.2, -0.15) is 0 Å². The van der Waals surface area contributed by atoms with Crippen molar-refractivity contribution in [3.8, 4) is 0 Å². The summed E-state index contributed by atoms with van der Waals surface area (Å²) in [5.74, 6) is -0.151. The molecule has 17 heavy (non-hydrogen) atoms. The van der Waals surface area contributed by atoms with Crippen molar-refractivity contribution in [2.24, 2.45) is 0 Å². The molecule has 0 aliphatic heterocycles. The lowest BCUT2D eigenvalue weighted by Gasteiger charge is -2.18. The fraction of sp³-hybridized carbons (Fsp3) is 0.571. The van der Waals surface area contributed by atoms with Crippen molar-refractivity contribution in [1.29, 1.82) is 0 Å². The minimum atomic E-state index is -0.151. The minimum absolute atomic E-state index is 0.151. The number of halogens is 1. The highest BCUT2D eigenvalue weighted by Gasteiger charge is 2.10. The molecule has 0 bridgehead atoms. The van der Waals surface area contributed by atoms with Crippen molar-refractivity contribution < 1.29 is 9.13 Å². The Hall–Kier alpha value is -0.930. The van der Waals surface area contributed by atoms with E-state index in [0.717, 1.165) is 12.0 Å². The van der Waals surface area contributed by atoms with Crippen molar-refractivity contribution in [3.05, 3.63) is 35.1 Å². The van der Waals surface area contributed by atoms with Gasteiger partial charge in [-0.15, -0.1) is 0 Å². The summed E-state index contributed by atoms with van der Waals surface area (Å²) in [6.45, 7) is 6.54. The molecule has 0 aromatic heterocycles. The van der Waals surface area contributed by atoms with E-state index < -0.39 is 0 Å². The third-order valence-electron chi connectivity index (χ3n) is 2.79. The summed E-state index contributed by atoms with van der Waals surface area (Å²) in [7, 11) is 1.92. The Morgan fingerprint density at radius 3 is 2.59 bits per heavy atom. The first kappa shape index (κ1) is 14.1. The zero-order chi connectivity index (χ0) is 12.8. The van der Waals surface area contributed by atoms with Gasteiger partial charge in [0.1, 0.15) is 5.82 Å².